The third kappa shape index (κ3) is 3.40. The summed E-state index contributed by atoms with van der Waals surface area (Å²) >= 11 is 1.92. The van der Waals surface area contributed by atoms with E-state index in [1.54, 1.807) is 0 Å². The van der Waals surface area contributed by atoms with Gasteiger partial charge in [0.1, 0.15) is 0 Å². The van der Waals surface area contributed by atoms with E-state index in [0.29, 0.717) is 12.1 Å². The lowest BCUT2D eigenvalue weighted by Crippen LogP contribution is -2.39. The van der Waals surface area contributed by atoms with Crippen LogP contribution < -0.4 is 5.32 Å². The van der Waals surface area contributed by atoms with Crippen LogP contribution in [0.1, 0.15) is 52.9 Å². The van der Waals surface area contributed by atoms with Gasteiger partial charge in [0, 0.05) is 11.8 Å². The molecular weight excluding hydrogens is 228 g/mol. The second kappa shape index (κ2) is 6.12. The second-order valence-electron chi connectivity index (χ2n) is 5.66. The largest absolute Gasteiger partial charge is 0.362 e. The summed E-state index contributed by atoms with van der Waals surface area (Å²) in [6, 6.07) is 1.22. The molecule has 0 aromatic carbocycles. The Morgan fingerprint density at radius 3 is 2.88 bits per heavy atom. The highest BCUT2D eigenvalue weighted by Crippen LogP contribution is 2.32. The summed E-state index contributed by atoms with van der Waals surface area (Å²) in [6.07, 6.45) is 6.54. The van der Waals surface area contributed by atoms with Crippen molar-refractivity contribution < 1.29 is 0 Å². The van der Waals surface area contributed by atoms with E-state index in [1.807, 2.05) is 11.8 Å². The van der Waals surface area contributed by atoms with Gasteiger partial charge in [-0.15, -0.1) is 0 Å². The van der Waals surface area contributed by atoms with Gasteiger partial charge in [-0.05, 0) is 31.1 Å². The van der Waals surface area contributed by atoms with Crippen LogP contribution in [0.5, 0.6) is 0 Å². The van der Waals surface area contributed by atoms with Crippen molar-refractivity contribution >= 4 is 16.9 Å². The number of nitrogens with zero attached hydrogens (tertiary/aromatic N) is 1. The monoisotopic (exact) mass is 254 g/mol. The van der Waals surface area contributed by atoms with Crippen LogP contribution in [0.15, 0.2) is 4.99 Å². The first-order valence-electron chi connectivity index (χ1n) is 7.17. The zero-order chi connectivity index (χ0) is 12.3. The van der Waals surface area contributed by atoms with E-state index in [1.165, 1.54) is 43.0 Å². The van der Waals surface area contributed by atoms with Crippen LogP contribution in [-0.4, -0.2) is 23.0 Å². The number of hydrogen-bond acceptors (Lipinski definition) is 2. The SMILES string of the molecule is CCC1CCSC(=NC2CCCC(C)C2C)N1. The Morgan fingerprint density at radius 1 is 1.29 bits per heavy atom. The van der Waals surface area contributed by atoms with Crippen LogP contribution >= 0.6 is 11.8 Å². The summed E-state index contributed by atoms with van der Waals surface area (Å²) in [6.45, 7) is 7.02. The average Bonchev–Trinajstić information content (AvgIpc) is 2.35. The Kier molecular flexibility index (Phi) is 4.78. The molecule has 1 aliphatic carbocycles. The average molecular weight is 254 g/mol. The molecule has 4 atom stereocenters. The first-order valence-corrected chi connectivity index (χ1v) is 8.16. The number of rotatable bonds is 2. The smallest absolute Gasteiger partial charge is 0.157 e. The lowest BCUT2D eigenvalue weighted by atomic mass is 9.78. The highest BCUT2D eigenvalue weighted by atomic mass is 32.2. The molecule has 98 valence electrons. The van der Waals surface area contributed by atoms with E-state index in [9.17, 15) is 0 Å². The molecule has 0 aromatic rings. The van der Waals surface area contributed by atoms with E-state index in [2.05, 4.69) is 26.1 Å². The maximum atomic E-state index is 4.99. The van der Waals surface area contributed by atoms with Crippen molar-refractivity contribution in [2.24, 2.45) is 16.8 Å². The van der Waals surface area contributed by atoms with Gasteiger partial charge < -0.3 is 5.32 Å². The minimum absolute atomic E-state index is 0.560. The van der Waals surface area contributed by atoms with Gasteiger partial charge in [-0.25, -0.2) is 0 Å². The summed E-state index contributed by atoms with van der Waals surface area (Å²) in [7, 11) is 0. The van der Waals surface area contributed by atoms with Crippen molar-refractivity contribution in [1.82, 2.24) is 5.32 Å². The predicted octanol–water partition coefficient (Wildman–Crippen LogP) is 3.67. The molecule has 4 unspecified atom stereocenters. The highest BCUT2D eigenvalue weighted by molar-refractivity contribution is 8.13. The molecule has 1 N–H and O–H groups in total. The molecule has 2 aliphatic rings. The van der Waals surface area contributed by atoms with Crippen LogP contribution in [0, 0.1) is 11.8 Å². The molecule has 0 bridgehead atoms. The Bertz CT molecular complexity index is 277. The molecule has 17 heavy (non-hydrogen) atoms. The van der Waals surface area contributed by atoms with Gasteiger partial charge in [-0.3, -0.25) is 4.99 Å². The molecule has 1 saturated carbocycles. The lowest BCUT2D eigenvalue weighted by molar-refractivity contribution is 0.241. The number of nitrogens with one attached hydrogen (secondary N) is 1. The standard InChI is InChI=1S/C14H26N2S/c1-4-12-8-9-17-14(15-12)16-13-7-5-6-10(2)11(13)3/h10-13H,4-9H2,1-3H3,(H,15,16). The van der Waals surface area contributed by atoms with Crippen LogP contribution in [-0.2, 0) is 0 Å². The third-order valence-corrected chi connectivity index (χ3v) is 5.41. The van der Waals surface area contributed by atoms with Gasteiger partial charge in [0.15, 0.2) is 5.17 Å². The molecule has 2 rings (SSSR count). The second-order valence-corrected chi connectivity index (χ2v) is 6.74. The summed E-state index contributed by atoms with van der Waals surface area (Å²) in [5.41, 5.74) is 0. The molecule has 1 aliphatic heterocycles. The maximum absolute atomic E-state index is 4.99. The molecule has 0 radical (unpaired) electrons. The van der Waals surface area contributed by atoms with Gasteiger partial charge in [0.25, 0.3) is 0 Å². The topological polar surface area (TPSA) is 24.4 Å². The summed E-state index contributed by atoms with van der Waals surface area (Å²) in [5, 5.41) is 4.82. The molecule has 1 saturated heterocycles. The minimum atomic E-state index is 0.560. The van der Waals surface area contributed by atoms with Crippen molar-refractivity contribution in [3.8, 4) is 0 Å². The van der Waals surface area contributed by atoms with E-state index in [-0.39, 0.29) is 0 Å². The molecule has 0 amide bonds. The molecular formula is C14H26N2S. The normalized spacial score (nSPS) is 41.2. The fourth-order valence-corrected chi connectivity index (χ4v) is 3.91. The minimum Gasteiger partial charge on any atom is -0.362 e. The maximum Gasteiger partial charge on any atom is 0.157 e. The Labute approximate surface area is 110 Å². The summed E-state index contributed by atoms with van der Waals surface area (Å²) in [5.74, 6) is 2.83. The van der Waals surface area contributed by atoms with Crippen LogP contribution in [0.2, 0.25) is 0 Å². The number of amidine groups is 1. The third-order valence-electron chi connectivity index (χ3n) is 4.47. The van der Waals surface area contributed by atoms with E-state index < -0.39 is 0 Å². The number of thioether (sulfide) groups is 1. The van der Waals surface area contributed by atoms with Gasteiger partial charge in [0.2, 0.25) is 0 Å². The van der Waals surface area contributed by atoms with Gasteiger partial charge >= 0.3 is 0 Å². The Hall–Kier alpha value is -0.180. The zero-order valence-electron chi connectivity index (χ0n) is 11.4. The van der Waals surface area contributed by atoms with E-state index in [4.69, 9.17) is 4.99 Å². The van der Waals surface area contributed by atoms with E-state index in [0.717, 1.165) is 11.8 Å². The first kappa shape index (κ1) is 13.3. The number of aliphatic imine (C=N–C) groups is 1. The van der Waals surface area contributed by atoms with E-state index >= 15 is 0 Å². The Balaban J connectivity index is 1.97. The van der Waals surface area contributed by atoms with Crippen LogP contribution in [0.4, 0.5) is 0 Å². The number of hydrogen-bond donors (Lipinski definition) is 1. The summed E-state index contributed by atoms with van der Waals surface area (Å²) in [4.78, 5) is 4.99. The quantitative estimate of drug-likeness (QED) is 0.813. The van der Waals surface area contributed by atoms with Crippen molar-refractivity contribution in [3.63, 3.8) is 0 Å². The van der Waals surface area contributed by atoms with Crippen molar-refractivity contribution in [1.29, 1.82) is 0 Å². The predicted molar refractivity (Wildman–Crippen MR) is 77.7 cm³/mol. The molecule has 2 fully saturated rings. The van der Waals surface area contributed by atoms with Gasteiger partial charge in [-0.1, -0.05) is 45.4 Å². The van der Waals surface area contributed by atoms with Gasteiger partial charge in [0.05, 0.1) is 6.04 Å². The highest BCUT2D eigenvalue weighted by Gasteiger charge is 2.27. The van der Waals surface area contributed by atoms with Crippen molar-refractivity contribution in [2.75, 3.05) is 5.75 Å². The molecule has 1 heterocycles. The first-order chi connectivity index (χ1) is 8.20. The molecule has 3 heteroatoms. The Morgan fingerprint density at radius 2 is 2.12 bits per heavy atom. The van der Waals surface area contributed by atoms with Crippen molar-refractivity contribution in [3.05, 3.63) is 0 Å². The molecule has 0 spiro atoms. The molecule has 0 aromatic heterocycles. The lowest BCUT2D eigenvalue weighted by Gasteiger charge is -2.33. The summed E-state index contributed by atoms with van der Waals surface area (Å²) < 4.78 is 0. The van der Waals surface area contributed by atoms with Gasteiger partial charge in [-0.2, -0.15) is 0 Å². The van der Waals surface area contributed by atoms with Crippen molar-refractivity contribution in [2.45, 2.75) is 65.0 Å². The van der Waals surface area contributed by atoms with Crippen LogP contribution in [0.3, 0.4) is 0 Å². The molecule has 2 nitrogen and oxygen atoms in total. The zero-order valence-corrected chi connectivity index (χ0v) is 12.2. The van der Waals surface area contributed by atoms with Crippen LogP contribution in [0.25, 0.3) is 0 Å². The fourth-order valence-electron chi connectivity index (χ4n) is 2.85. The fraction of sp³-hybridized carbons (Fsp3) is 0.929.